The lowest BCUT2D eigenvalue weighted by molar-refractivity contribution is 0.587. The first-order valence-electron chi connectivity index (χ1n) is 4.10. The Bertz CT molecular complexity index is 428. The van der Waals surface area contributed by atoms with Crippen molar-refractivity contribution in [1.29, 1.82) is 0 Å². The number of rotatable bonds is 3. The fourth-order valence-electron chi connectivity index (χ4n) is 1.13. The molecule has 5 heteroatoms. The third-order valence-electron chi connectivity index (χ3n) is 1.97. The average Bonchev–Trinajstić information content (AvgIpc) is 2.18. The third-order valence-corrected chi connectivity index (χ3v) is 3.83. The molecule has 0 aliphatic rings. The number of hydrogen-bond acceptors (Lipinski definition) is 2. The standard InChI is InChI=1S/C9H12ClNO2S/c1-7-3-4-8(6-10)5-9(7)14(12,13)11-2/h3-5,11H,6H2,1-2H3. The minimum absolute atomic E-state index is 0.290. The first-order valence-corrected chi connectivity index (χ1v) is 6.12. The monoisotopic (exact) mass is 233 g/mol. The van der Waals surface area contributed by atoms with Crippen LogP contribution in [0.3, 0.4) is 0 Å². The summed E-state index contributed by atoms with van der Waals surface area (Å²) in [6.45, 7) is 1.75. The van der Waals surface area contributed by atoms with Crippen LogP contribution < -0.4 is 4.72 Å². The first kappa shape index (κ1) is 11.5. The van der Waals surface area contributed by atoms with E-state index in [2.05, 4.69) is 4.72 Å². The molecule has 0 atom stereocenters. The highest BCUT2D eigenvalue weighted by molar-refractivity contribution is 7.89. The van der Waals surface area contributed by atoms with E-state index in [1.54, 1.807) is 19.1 Å². The molecule has 0 amide bonds. The molecule has 0 aliphatic heterocycles. The van der Waals surface area contributed by atoms with Gasteiger partial charge in [-0.1, -0.05) is 12.1 Å². The van der Waals surface area contributed by atoms with E-state index in [4.69, 9.17) is 11.6 Å². The van der Waals surface area contributed by atoms with Gasteiger partial charge in [0.25, 0.3) is 0 Å². The molecule has 0 radical (unpaired) electrons. The molecule has 0 unspecified atom stereocenters. The molecule has 0 spiro atoms. The Kier molecular flexibility index (Phi) is 3.53. The highest BCUT2D eigenvalue weighted by atomic mass is 35.5. The molecule has 14 heavy (non-hydrogen) atoms. The van der Waals surface area contributed by atoms with Crippen LogP contribution in [0.2, 0.25) is 0 Å². The minimum atomic E-state index is -3.37. The Labute approximate surface area is 89.1 Å². The maximum Gasteiger partial charge on any atom is 0.240 e. The molecule has 1 aromatic rings. The molecule has 3 nitrogen and oxygen atoms in total. The van der Waals surface area contributed by atoms with Gasteiger partial charge in [0.1, 0.15) is 0 Å². The summed E-state index contributed by atoms with van der Waals surface area (Å²) in [5.74, 6) is 0.312. The van der Waals surface area contributed by atoms with E-state index < -0.39 is 10.0 Å². The van der Waals surface area contributed by atoms with Gasteiger partial charge in [-0.3, -0.25) is 0 Å². The number of benzene rings is 1. The molecule has 1 aromatic carbocycles. The van der Waals surface area contributed by atoms with Crippen molar-refractivity contribution in [1.82, 2.24) is 4.72 Å². The normalized spacial score (nSPS) is 11.6. The van der Waals surface area contributed by atoms with Crippen molar-refractivity contribution in [2.24, 2.45) is 0 Å². The first-order chi connectivity index (χ1) is 6.51. The molecule has 0 heterocycles. The van der Waals surface area contributed by atoms with E-state index >= 15 is 0 Å². The zero-order chi connectivity index (χ0) is 10.8. The van der Waals surface area contributed by atoms with E-state index in [1.807, 2.05) is 6.07 Å². The van der Waals surface area contributed by atoms with Crippen molar-refractivity contribution in [3.05, 3.63) is 29.3 Å². The summed E-state index contributed by atoms with van der Waals surface area (Å²) in [6, 6.07) is 5.16. The topological polar surface area (TPSA) is 46.2 Å². The van der Waals surface area contributed by atoms with Crippen LogP contribution in [0.25, 0.3) is 0 Å². The van der Waals surface area contributed by atoms with Gasteiger partial charge in [0.2, 0.25) is 10.0 Å². The Morgan fingerprint density at radius 1 is 1.43 bits per heavy atom. The van der Waals surface area contributed by atoms with E-state index in [9.17, 15) is 8.42 Å². The average molecular weight is 234 g/mol. The molecule has 0 saturated heterocycles. The van der Waals surface area contributed by atoms with Gasteiger partial charge in [0, 0.05) is 5.88 Å². The number of alkyl halides is 1. The second-order valence-corrected chi connectivity index (χ2v) is 5.06. The highest BCUT2D eigenvalue weighted by Gasteiger charge is 2.14. The van der Waals surface area contributed by atoms with Gasteiger partial charge in [-0.15, -0.1) is 11.6 Å². The summed E-state index contributed by atoms with van der Waals surface area (Å²) in [6.07, 6.45) is 0. The van der Waals surface area contributed by atoms with Crippen molar-refractivity contribution in [3.8, 4) is 0 Å². The molecule has 0 bridgehead atoms. The molecule has 0 aromatic heterocycles. The van der Waals surface area contributed by atoms with Crippen molar-refractivity contribution >= 4 is 21.6 Å². The summed E-state index contributed by atoms with van der Waals surface area (Å²) in [4.78, 5) is 0.290. The molecule has 0 fully saturated rings. The van der Waals surface area contributed by atoms with Crippen LogP contribution in [0.15, 0.2) is 23.1 Å². The van der Waals surface area contributed by atoms with Crippen molar-refractivity contribution in [3.63, 3.8) is 0 Å². The van der Waals surface area contributed by atoms with Gasteiger partial charge in [0.15, 0.2) is 0 Å². The van der Waals surface area contributed by atoms with Gasteiger partial charge >= 0.3 is 0 Å². The van der Waals surface area contributed by atoms with E-state index in [1.165, 1.54) is 7.05 Å². The van der Waals surface area contributed by atoms with E-state index in [-0.39, 0.29) is 4.90 Å². The molecule has 0 saturated carbocycles. The second kappa shape index (κ2) is 4.29. The summed E-state index contributed by atoms with van der Waals surface area (Å²) < 4.78 is 25.4. The Balaban J connectivity index is 3.33. The lowest BCUT2D eigenvalue weighted by Gasteiger charge is -2.07. The Morgan fingerprint density at radius 3 is 2.57 bits per heavy atom. The van der Waals surface area contributed by atoms with Crippen LogP contribution >= 0.6 is 11.6 Å². The Hall–Kier alpha value is -0.580. The fraction of sp³-hybridized carbons (Fsp3) is 0.333. The molecule has 0 aliphatic carbocycles. The zero-order valence-electron chi connectivity index (χ0n) is 8.04. The largest absolute Gasteiger partial charge is 0.240 e. The predicted molar refractivity (Wildman–Crippen MR) is 57.0 cm³/mol. The fourth-order valence-corrected chi connectivity index (χ4v) is 2.31. The SMILES string of the molecule is CNS(=O)(=O)c1cc(CCl)ccc1C. The van der Waals surface area contributed by atoms with Gasteiger partial charge in [-0.25, -0.2) is 13.1 Å². The van der Waals surface area contributed by atoms with E-state index in [0.717, 1.165) is 5.56 Å². The summed E-state index contributed by atoms with van der Waals surface area (Å²) in [5, 5.41) is 0. The van der Waals surface area contributed by atoms with E-state index in [0.29, 0.717) is 11.4 Å². The maximum absolute atomic E-state index is 11.5. The lowest BCUT2D eigenvalue weighted by Crippen LogP contribution is -2.19. The summed E-state index contributed by atoms with van der Waals surface area (Å²) >= 11 is 5.63. The maximum atomic E-state index is 11.5. The van der Waals surface area contributed by atoms with Crippen LogP contribution in [0.4, 0.5) is 0 Å². The molecule has 1 N–H and O–H groups in total. The van der Waals surface area contributed by atoms with Crippen molar-refractivity contribution < 1.29 is 8.42 Å². The van der Waals surface area contributed by atoms with Gasteiger partial charge < -0.3 is 0 Å². The van der Waals surface area contributed by atoms with Crippen LogP contribution in [0, 0.1) is 6.92 Å². The second-order valence-electron chi connectivity index (χ2n) is 2.94. The number of hydrogen-bond donors (Lipinski definition) is 1. The zero-order valence-corrected chi connectivity index (χ0v) is 9.61. The van der Waals surface area contributed by atoms with Crippen LogP contribution in [0.5, 0.6) is 0 Å². The third kappa shape index (κ3) is 2.26. The summed E-state index contributed by atoms with van der Waals surface area (Å²) in [5.41, 5.74) is 1.51. The molecular weight excluding hydrogens is 222 g/mol. The predicted octanol–water partition coefficient (Wildman–Crippen LogP) is 1.64. The smallest absolute Gasteiger partial charge is 0.214 e. The summed E-state index contributed by atoms with van der Waals surface area (Å²) in [7, 11) is -1.98. The van der Waals surface area contributed by atoms with Crippen LogP contribution in [-0.2, 0) is 15.9 Å². The minimum Gasteiger partial charge on any atom is -0.214 e. The van der Waals surface area contributed by atoms with Crippen molar-refractivity contribution in [2.45, 2.75) is 17.7 Å². The van der Waals surface area contributed by atoms with Crippen LogP contribution in [0.1, 0.15) is 11.1 Å². The lowest BCUT2D eigenvalue weighted by atomic mass is 10.2. The molecule has 78 valence electrons. The molecule has 1 rings (SSSR count). The van der Waals surface area contributed by atoms with Gasteiger partial charge in [-0.05, 0) is 31.2 Å². The van der Waals surface area contributed by atoms with Crippen LogP contribution in [-0.4, -0.2) is 15.5 Å². The van der Waals surface area contributed by atoms with Crippen molar-refractivity contribution in [2.75, 3.05) is 7.05 Å². The molecular formula is C9H12ClNO2S. The van der Waals surface area contributed by atoms with Gasteiger partial charge in [-0.2, -0.15) is 0 Å². The quantitative estimate of drug-likeness (QED) is 0.807. The number of aryl methyl sites for hydroxylation is 1. The number of nitrogens with one attached hydrogen (secondary N) is 1. The van der Waals surface area contributed by atoms with Gasteiger partial charge in [0.05, 0.1) is 4.90 Å². The highest BCUT2D eigenvalue weighted by Crippen LogP contribution is 2.17. The number of sulfonamides is 1. The Morgan fingerprint density at radius 2 is 2.07 bits per heavy atom. The number of halogens is 1.